The van der Waals surface area contributed by atoms with Gasteiger partial charge in [-0.05, 0) is 54.1 Å². The molecule has 6 aromatic rings. The molecule has 0 spiro atoms. The lowest BCUT2D eigenvalue weighted by Gasteiger charge is -2.16. The van der Waals surface area contributed by atoms with Gasteiger partial charge < -0.3 is 4.74 Å². The number of nitrogens with zero attached hydrogens (tertiary/aromatic N) is 1. The number of fused-ring (bicyclic) bond motifs is 1. The fourth-order valence-corrected chi connectivity index (χ4v) is 7.63. The summed E-state index contributed by atoms with van der Waals surface area (Å²) in [6.45, 7) is 0. The molecule has 0 bridgehead atoms. The van der Waals surface area contributed by atoms with E-state index in [-0.39, 0.29) is 59.9 Å². The normalized spacial score (nSPS) is 11.6. The maximum Gasteiger partial charge on any atom is 0.337 e. The summed E-state index contributed by atoms with van der Waals surface area (Å²) >= 11 is 6.59. The molecule has 0 atom stereocenters. The molecule has 1 aromatic heterocycles. The zero-order valence-corrected chi connectivity index (χ0v) is 26.9. The average molecular weight is 702 g/mol. The number of aldehydes is 2. The summed E-state index contributed by atoms with van der Waals surface area (Å²) in [4.78, 5) is 36.5. The first kappa shape index (κ1) is 33.4. The van der Waals surface area contributed by atoms with Crippen molar-refractivity contribution in [3.63, 3.8) is 0 Å². The van der Waals surface area contributed by atoms with Gasteiger partial charge in [0.15, 0.2) is 12.6 Å². The minimum absolute atomic E-state index is 0.00671. The highest BCUT2D eigenvalue weighted by atomic mass is 35.5. The zero-order valence-electron chi connectivity index (χ0n) is 25.4. The summed E-state index contributed by atoms with van der Waals surface area (Å²) in [6, 6.07) is 22.9. The van der Waals surface area contributed by atoms with Gasteiger partial charge in [-0.15, -0.1) is 0 Å². The number of benzene rings is 5. The SMILES string of the molecule is COC(=O)c1ccc(-c2cccc(-c3c(-c4c(C=O)cccc4C=O)c4cc(F)ccc4n3S(=O)(=O)c3ccc(C(F)F)cc3)c2)c(Cl)c1. The molecule has 1 heterocycles. The second-order valence-corrected chi connectivity index (χ2v) is 13.0. The topological polar surface area (TPSA) is 99.5 Å². The van der Waals surface area contributed by atoms with Crippen LogP contribution in [0.3, 0.4) is 0 Å². The monoisotopic (exact) mass is 701 g/mol. The Kier molecular flexibility index (Phi) is 8.98. The number of methoxy groups -OCH3 is 1. The van der Waals surface area contributed by atoms with Gasteiger partial charge in [-0.1, -0.05) is 66.2 Å². The van der Waals surface area contributed by atoms with Gasteiger partial charge in [0, 0.05) is 49.4 Å². The van der Waals surface area contributed by atoms with Crippen LogP contribution in [0.25, 0.3) is 44.4 Å². The van der Waals surface area contributed by atoms with Crippen molar-refractivity contribution in [1.82, 2.24) is 3.97 Å². The zero-order chi connectivity index (χ0) is 35.0. The summed E-state index contributed by atoms with van der Waals surface area (Å²) in [6.07, 6.45) is -1.83. The largest absolute Gasteiger partial charge is 0.465 e. The third kappa shape index (κ3) is 5.92. The Morgan fingerprint density at radius 2 is 1.47 bits per heavy atom. The molecule has 0 amide bonds. The van der Waals surface area contributed by atoms with Gasteiger partial charge in [0.1, 0.15) is 5.82 Å². The fraction of sp³-hybridized carbons (Fsp3) is 0.0541. The van der Waals surface area contributed by atoms with Crippen molar-refractivity contribution in [3.05, 3.63) is 136 Å². The van der Waals surface area contributed by atoms with Crippen molar-refractivity contribution in [3.8, 4) is 33.5 Å². The lowest BCUT2D eigenvalue weighted by Crippen LogP contribution is -2.14. The predicted molar refractivity (Wildman–Crippen MR) is 179 cm³/mol. The lowest BCUT2D eigenvalue weighted by molar-refractivity contribution is 0.0600. The van der Waals surface area contributed by atoms with Crippen LogP contribution >= 0.6 is 11.6 Å². The van der Waals surface area contributed by atoms with Gasteiger partial charge in [-0.2, -0.15) is 0 Å². The molecule has 0 aliphatic heterocycles. The van der Waals surface area contributed by atoms with E-state index in [4.69, 9.17) is 16.3 Å². The second-order valence-electron chi connectivity index (χ2n) is 10.8. The van der Waals surface area contributed by atoms with E-state index in [0.717, 1.165) is 40.4 Å². The molecular weight excluding hydrogens is 679 g/mol. The molecule has 0 N–H and O–H groups in total. The van der Waals surface area contributed by atoms with E-state index in [1.807, 2.05) is 0 Å². The van der Waals surface area contributed by atoms with Gasteiger partial charge in [0.05, 0.1) is 28.8 Å². The summed E-state index contributed by atoms with van der Waals surface area (Å²) in [5.41, 5.74) is 1.17. The van der Waals surface area contributed by atoms with E-state index in [0.29, 0.717) is 23.7 Å². The fourth-order valence-electron chi connectivity index (χ4n) is 5.79. The van der Waals surface area contributed by atoms with Gasteiger partial charge in [0.25, 0.3) is 16.4 Å². The predicted octanol–water partition coefficient (Wildman–Crippen LogP) is 9.02. The highest BCUT2D eigenvalue weighted by molar-refractivity contribution is 7.90. The summed E-state index contributed by atoms with van der Waals surface area (Å²) in [7, 11) is -3.40. The molecule has 0 unspecified atom stereocenters. The number of ether oxygens (including phenoxy) is 1. The molecule has 5 aromatic carbocycles. The molecule has 6 rings (SSSR count). The number of halogens is 4. The first-order valence-corrected chi connectivity index (χ1v) is 16.3. The van der Waals surface area contributed by atoms with Gasteiger partial charge in [-0.25, -0.2) is 30.4 Å². The Morgan fingerprint density at radius 1 is 0.816 bits per heavy atom. The Morgan fingerprint density at radius 3 is 2.08 bits per heavy atom. The molecule has 0 aliphatic rings. The van der Waals surface area contributed by atoms with Crippen LogP contribution in [-0.4, -0.2) is 38.0 Å². The standard InChI is InChI=1S/C37H23ClF3NO6S/c1-48-37(45)24-10-14-29(31(38)17-24)22-4-2-5-23(16-22)35-34(33-25(19-43)6-3-7-26(33)20-44)30-18-27(39)11-15-32(30)42(35)49(46,47)28-12-8-21(9-13-28)36(40)41/h2-20,36H,1H3. The van der Waals surface area contributed by atoms with Crippen molar-refractivity contribution in [2.45, 2.75) is 11.3 Å². The van der Waals surface area contributed by atoms with Crippen molar-refractivity contribution in [2.75, 3.05) is 7.11 Å². The quantitative estimate of drug-likeness (QED) is 0.110. The van der Waals surface area contributed by atoms with Crippen molar-refractivity contribution in [2.24, 2.45) is 0 Å². The average Bonchev–Trinajstić information content (AvgIpc) is 3.45. The van der Waals surface area contributed by atoms with Crippen LogP contribution in [-0.2, 0) is 14.8 Å². The van der Waals surface area contributed by atoms with Crippen LogP contribution in [0.4, 0.5) is 13.2 Å². The van der Waals surface area contributed by atoms with Crippen LogP contribution < -0.4 is 0 Å². The van der Waals surface area contributed by atoms with Gasteiger partial charge in [-0.3, -0.25) is 9.59 Å². The number of esters is 1. The minimum atomic E-state index is -4.63. The van der Waals surface area contributed by atoms with Crippen LogP contribution in [0.15, 0.2) is 108 Å². The Hall–Kier alpha value is -5.52. The molecule has 246 valence electrons. The van der Waals surface area contributed by atoms with E-state index < -0.39 is 33.8 Å². The maximum absolute atomic E-state index is 15.0. The number of hydrogen-bond acceptors (Lipinski definition) is 6. The number of carbonyl (C=O) groups excluding carboxylic acids is 3. The van der Waals surface area contributed by atoms with E-state index in [1.54, 1.807) is 30.3 Å². The highest BCUT2D eigenvalue weighted by Gasteiger charge is 2.31. The molecule has 0 saturated carbocycles. The Balaban J connectivity index is 1.74. The van der Waals surface area contributed by atoms with E-state index >= 15 is 4.39 Å². The van der Waals surface area contributed by atoms with E-state index in [1.165, 1.54) is 43.5 Å². The minimum Gasteiger partial charge on any atom is -0.465 e. The molecule has 0 radical (unpaired) electrons. The Labute approximate surface area is 283 Å². The second kappa shape index (κ2) is 13.2. The first-order valence-electron chi connectivity index (χ1n) is 14.5. The van der Waals surface area contributed by atoms with Crippen molar-refractivity contribution < 1.29 is 40.7 Å². The molecule has 7 nitrogen and oxygen atoms in total. The number of rotatable bonds is 9. The number of aromatic nitrogens is 1. The summed E-state index contributed by atoms with van der Waals surface area (Å²) in [5.74, 6) is -1.33. The molecule has 0 aliphatic carbocycles. The molecule has 49 heavy (non-hydrogen) atoms. The number of alkyl halides is 2. The maximum atomic E-state index is 15.0. The third-order valence-electron chi connectivity index (χ3n) is 8.03. The van der Waals surface area contributed by atoms with E-state index in [2.05, 4.69) is 0 Å². The molecule has 0 fully saturated rings. The first-order chi connectivity index (χ1) is 23.5. The summed E-state index contributed by atoms with van der Waals surface area (Å²) < 4.78 is 76.7. The van der Waals surface area contributed by atoms with Crippen LogP contribution in [0, 0.1) is 5.82 Å². The van der Waals surface area contributed by atoms with Crippen molar-refractivity contribution >= 4 is 51.1 Å². The van der Waals surface area contributed by atoms with Crippen LogP contribution in [0.1, 0.15) is 43.1 Å². The van der Waals surface area contributed by atoms with Gasteiger partial charge in [0.2, 0.25) is 0 Å². The number of hydrogen-bond donors (Lipinski definition) is 0. The van der Waals surface area contributed by atoms with Gasteiger partial charge >= 0.3 is 5.97 Å². The smallest absolute Gasteiger partial charge is 0.337 e. The van der Waals surface area contributed by atoms with Crippen molar-refractivity contribution in [1.29, 1.82) is 0 Å². The van der Waals surface area contributed by atoms with Crippen LogP contribution in [0.2, 0.25) is 5.02 Å². The Bertz CT molecular complexity index is 2380. The molecule has 0 saturated heterocycles. The number of carbonyl (C=O) groups is 3. The molecule has 12 heteroatoms. The van der Waals surface area contributed by atoms with Crippen LogP contribution in [0.5, 0.6) is 0 Å². The molecular formula is C37H23ClF3NO6S. The lowest BCUT2D eigenvalue weighted by atomic mass is 9.90. The highest BCUT2D eigenvalue weighted by Crippen LogP contribution is 2.46. The van der Waals surface area contributed by atoms with E-state index in [9.17, 15) is 31.6 Å². The summed E-state index contributed by atoms with van der Waals surface area (Å²) in [5, 5.41) is 0.246. The third-order valence-corrected chi connectivity index (χ3v) is 10.1.